The average Bonchev–Trinajstić information content (AvgIpc) is 2.67. The molecular weight excluding hydrogens is 196 g/mol. The summed E-state index contributed by atoms with van der Waals surface area (Å²) in [6.07, 6.45) is 1.81. The van der Waals surface area contributed by atoms with Crippen LogP contribution >= 0.6 is 11.7 Å². The van der Waals surface area contributed by atoms with Crippen molar-refractivity contribution in [3.05, 3.63) is 11.9 Å². The van der Waals surface area contributed by atoms with E-state index in [2.05, 4.69) is 39.9 Å². The van der Waals surface area contributed by atoms with Crippen molar-refractivity contribution in [2.75, 3.05) is 20.1 Å². The third kappa shape index (κ3) is 4.13. The Morgan fingerprint density at radius 2 is 2.43 bits per heavy atom. The number of hydrogen-bond acceptors (Lipinski definition) is 5. The minimum atomic E-state index is 0.488. The van der Waals surface area contributed by atoms with Crippen LogP contribution in [-0.4, -0.2) is 39.8 Å². The largest absolute Gasteiger partial charge is 0.307 e. The van der Waals surface area contributed by atoms with Gasteiger partial charge in [-0.3, -0.25) is 0 Å². The molecule has 1 heterocycles. The fourth-order valence-corrected chi connectivity index (χ4v) is 1.63. The highest BCUT2D eigenvalue weighted by molar-refractivity contribution is 6.99. The molecule has 1 N–H and O–H groups in total. The van der Waals surface area contributed by atoms with E-state index in [4.69, 9.17) is 0 Å². The molecule has 1 atom stereocenters. The topological polar surface area (TPSA) is 41.0 Å². The normalized spacial score (nSPS) is 13.4. The molecule has 14 heavy (non-hydrogen) atoms. The number of hydrogen-bond donors (Lipinski definition) is 1. The average molecular weight is 214 g/mol. The van der Waals surface area contributed by atoms with Crippen LogP contribution in [0.25, 0.3) is 0 Å². The lowest BCUT2D eigenvalue weighted by Gasteiger charge is -2.20. The van der Waals surface area contributed by atoms with Gasteiger partial charge in [0.15, 0.2) is 0 Å². The Hall–Kier alpha value is -0.520. The number of nitrogens with one attached hydrogen (secondary N) is 1. The van der Waals surface area contributed by atoms with Crippen LogP contribution in [-0.2, 0) is 6.54 Å². The van der Waals surface area contributed by atoms with Gasteiger partial charge in [-0.1, -0.05) is 6.92 Å². The lowest BCUT2D eigenvalue weighted by molar-refractivity contribution is 0.309. The molecule has 5 heteroatoms. The Balaban J connectivity index is 2.18. The van der Waals surface area contributed by atoms with Crippen LogP contribution in [0, 0.1) is 0 Å². The Labute approximate surface area is 89.7 Å². The summed E-state index contributed by atoms with van der Waals surface area (Å²) in [6, 6.07) is 0.488. The maximum absolute atomic E-state index is 4.14. The molecule has 0 fully saturated rings. The molecule has 0 aromatic carbocycles. The van der Waals surface area contributed by atoms with Crippen molar-refractivity contribution >= 4 is 11.7 Å². The Kier molecular flexibility index (Phi) is 5.00. The number of nitrogens with zero attached hydrogens (tertiary/aromatic N) is 3. The molecule has 1 rings (SSSR count). The van der Waals surface area contributed by atoms with Gasteiger partial charge in [-0.2, -0.15) is 8.75 Å². The van der Waals surface area contributed by atoms with Crippen molar-refractivity contribution in [1.29, 1.82) is 0 Å². The molecule has 0 bridgehead atoms. The van der Waals surface area contributed by atoms with Gasteiger partial charge in [0.1, 0.15) is 0 Å². The van der Waals surface area contributed by atoms with E-state index in [-0.39, 0.29) is 0 Å². The SMILES string of the molecule is CCN(C)CC(C)NCc1cnsn1. The van der Waals surface area contributed by atoms with Crippen molar-refractivity contribution in [2.45, 2.75) is 26.4 Å². The fraction of sp³-hybridized carbons (Fsp3) is 0.778. The highest BCUT2D eigenvalue weighted by atomic mass is 32.1. The van der Waals surface area contributed by atoms with Crippen molar-refractivity contribution in [3.63, 3.8) is 0 Å². The second-order valence-electron chi connectivity index (χ2n) is 3.54. The van der Waals surface area contributed by atoms with E-state index in [9.17, 15) is 0 Å². The van der Waals surface area contributed by atoms with Crippen molar-refractivity contribution in [2.24, 2.45) is 0 Å². The van der Waals surface area contributed by atoms with E-state index in [0.29, 0.717) is 6.04 Å². The summed E-state index contributed by atoms with van der Waals surface area (Å²) in [5, 5.41) is 3.41. The molecule has 0 aliphatic heterocycles. The molecule has 80 valence electrons. The molecule has 0 saturated heterocycles. The smallest absolute Gasteiger partial charge is 0.0880 e. The third-order valence-electron chi connectivity index (χ3n) is 2.16. The van der Waals surface area contributed by atoms with Crippen LogP contribution in [0.5, 0.6) is 0 Å². The minimum Gasteiger partial charge on any atom is -0.307 e. The maximum Gasteiger partial charge on any atom is 0.0880 e. The van der Waals surface area contributed by atoms with Crippen molar-refractivity contribution in [3.8, 4) is 0 Å². The zero-order valence-corrected chi connectivity index (χ0v) is 9.84. The van der Waals surface area contributed by atoms with E-state index in [0.717, 1.165) is 25.3 Å². The molecule has 0 saturated carbocycles. The predicted molar refractivity (Wildman–Crippen MR) is 59.4 cm³/mol. The zero-order valence-electron chi connectivity index (χ0n) is 9.03. The van der Waals surface area contributed by atoms with E-state index in [1.54, 1.807) is 0 Å². The fourth-order valence-electron chi connectivity index (χ4n) is 1.20. The molecule has 1 unspecified atom stereocenters. The lowest BCUT2D eigenvalue weighted by Crippen LogP contribution is -2.36. The van der Waals surface area contributed by atoms with Gasteiger partial charge in [0.25, 0.3) is 0 Å². The molecule has 1 aromatic heterocycles. The monoisotopic (exact) mass is 214 g/mol. The summed E-state index contributed by atoms with van der Waals surface area (Å²) < 4.78 is 8.10. The van der Waals surface area contributed by atoms with Crippen LogP contribution in [0.2, 0.25) is 0 Å². The van der Waals surface area contributed by atoms with E-state index in [1.165, 1.54) is 11.7 Å². The summed E-state index contributed by atoms with van der Waals surface area (Å²) in [4.78, 5) is 2.29. The van der Waals surface area contributed by atoms with Gasteiger partial charge in [-0.25, -0.2) is 0 Å². The van der Waals surface area contributed by atoms with Gasteiger partial charge < -0.3 is 10.2 Å². The number of likely N-dealkylation sites (N-methyl/N-ethyl adjacent to an activating group) is 1. The highest BCUT2D eigenvalue weighted by Crippen LogP contribution is 1.95. The van der Waals surface area contributed by atoms with Crippen LogP contribution < -0.4 is 5.32 Å². The molecule has 0 amide bonds. The Bertz CT molecular complexity index is 237. The van der Waals surface area contributed by atoms with Gasteiger partial charge in [-0.05, 0) is 20.5 Å². The maximum atomic E-state index is 4.14. The predicted octanol–water partition coefficient (Wildman–Crippen LogP) is 0.968. The summed E-state index contributed by atoms with van der Waals surface area (Å²) in [7, 11) is 2.13. The van der Waals surface area contributed by atoms with Gasteiger partial charge >= 0.3 is 0 Å². The molecule has 0 spiro atoms. The van der Waals surface area contributed by atoms with Gasteiger partial charge in [0.2, 0.25) is 0 Å². The molecule has 0 radical (unpaired) electrons. The van der Waals surface area contributed by atoms with Crippen LogP contribution in [0.15, 0.2) is 6.20 Å². The Morgan fingerprint density at radius 1 is 1.64 bits per heavy atom. The van der Waals surface area contributed by atoms with Gasteiger partial charge in [-0.15, -0.1) is 0 Å². The highest BCUT2D eigenvalue weighted by Gasteiger charge is 2.04. The summed E-state index contributed by atoms with van der Waals surface area (Å²) in [6.45, 7) is 7.32. The third-order valence-corrected chi connectivity index (χ3v) is 2.68. The van der Waals surface area contributed by atoms with Crippen molar-refractivity contribution < 1.29 is 0 Å². The molecule has 0 aliphatic carbocycles. The first-order valence-corrected chi connectivity index (χ1v) is 5.63. The van der Waals surface area contributed by atoms with Gasteiger partial charge in [0.05, 0.1) is 23.6 Å². The summed E-state index contributed by atoms with van der Waals surface area (Å²) in [5.74, 6) is 0. The van der Waals surface area contributed by atoms with Crippen LogP contribution in [0.4, 0.5) is 0 Å². The minimum absolute atomic E-state index is 0.488. The van der Waals surface area contributed by atoms with E-state index in [1.807, 2.05) is 6.20 Å². The first kappa shape index (κ1) is 11.6. The van der Waals surface area contributed by atoms with Crippen molar-refractivity contribution in [1.82, 2.24) is 19.0 Å². The number of rotatable bonds is 6. The van der Waals surface area contributed by atoms with E-state index >= 15 is 0 Å². The summed E-state index contributed by atoms with van der Waals surface area (Å²) in [5.41, 5.74) is 1.03. The number of aromatic nitrogens is 2. The van der Waals surface area contributed by atoms with Crippen LogP contribution in [0.3, 0.4) is 0 Å². The standard InChI is InChI=1S/C9H18N4S/c1-4-13(3)7-8(2)10-5-9-6-11-14-12-9/h6,8,10H,4-5,7H2,1-3H3. The van der Waals surface area contributed by atoms with E-state index < -0.39 is 0 Å². The first-order valence-electron chi connectivity index (χ1n) is 4.90. The molecular formula is C9H18N4S. The summed E-state index contributed by atoms with van der Waals surface area (Å²) >= 11 is 1.26. The molecule has 1 aromatic rings. The Morgan fingerprint density at radius 3 is 3.00 bits per heavy atom. The quantitative estimate of drug-likeness (QED) is 0.766. The second kappa shape index (κ2) is 6.06. The zero-order chi connectivity index (χ0) is 10.4. The van der Waals surface area contributed by atoms with Gasteiger partial charge in [0, 0.05) is 19.1 Å². The second-order valence-corrected chi connectivity index (χ2v) is 4.09. The lowest BCUT2D eigenvalue weighted by atomic mass is 10.3. The van der Waals surface area contributed by atoms with Crippen LogP contribution in [0.1, 0.15) is 19.5 Å². The molecule has 4 nitrogen and oxygen atoms in total. The molecule has 0 aliphatic rings. The first-order chi connectivity index (χ1) is 6.72.